The minimum absolute atomic E-state index is 0.188. The van der Waals surface area contributed by atoms with E-state index >= 15 is 0 Å². The molecule has 0 unspecified atom stereocenters. The molecule has 0 aliphatic rings. The van der Waals surface area contributed by atoms with Gasteiger partial charge in [0.25, 0.3) is 11.8 Å². The molecule has 2 amide bonds. The predicted octanol–water partition coefficient (Wildman–Crippen LogP) is 7.01. The van der Waals surface area contributed by atoms with Crippen LogP contribution in [0, 0.1) is 0 Å². The summed E-state index contributed by atoms with van der Waals surface area (Å²) in [4.78, 5) is 26.6. The van der Waals surface area contributed by atoms with Gasteiger partial charge in [-0.15, -0.1) is 0 Å². The Kier molecular flexibility index (Phi) is 7.76. The molecule has 0 saturated heterocycles. The first-order valence-corrected chi connectivity index (χ1v) is 11.7. The Morgan fingerprint density at radius 1 is 0.771 bits per heavy atom. The highest BCUT2D eigenvalue weighted by molar-refractivity contribution is 6.34. The molecule has 2 N–H and O–H groups in total. The van der Waals surface area contributed by atoms with E-state index in [1.54, 1.807) is 36.4 Å². The van der Waals surface area contributed by atoms with Crippen LogP contribution in [-0.4, -0.2) is 11.8 Å². The molecule has 35 heavy (non-hydrogen) atoms. The molecule has 0 aromatic heterocycles. The molecule has 1 atom stereocenters. The van der Waals surface area contributed by atoms with Crippen molar-refractivity contribution in [2.45, 2.75) is 13.0 Å². The Bertz CT molecular complexity index is 1350. The summed E-state index contributed by atoms with van der Waals surface area (Å²) in [5, 5.41) is 6.49. The van der Waals surface area contributed by atoms with Crippen LogP contribution < -0.4 is 10.6 Å². The van der Waals surface area contributed by atoms with Gasteiger partial charge in [-0.1, -0.05) is 103 Å². The number of anilines is 1. The molecule has 4 rings (SSSR count). The van der Waals surface area contributed by atoms with Crippen LogP contribution in [0.5, 0.6) is 0 Å². The average molecular weight is 481 g/mol. The maximum absolute atomic E-state index is 13.5. The molecule has 0 radical (unpaired) electrons. The molecule has 0 heterocycles. The third-order valence-electron chi connectivity index (χ3n) is 5.60. The minimum Gasteiger partial charge on any atom is -0.345 e. The fourth-order valence-corrected chi connectivity index (χ4v) is 3.91. The highest BCUT2D eigenvalue weighted by Gasteiger charge is 2.18. The van der Waals surface area contributed by atoms with Crippen molar-refractivity contribution >= 4 is 40.8 Å². The van der Waals surface area contributed by atoms with Gasteiger partial charge in [0.15, 0.2) is 0 Å². The van der Waals surface area contributed by atoms with Gasteiger partial charge in [0, 0.05) is 10.6 Å². The fraction of sp³-hybridized carbons (Fsp3) is 0.0667. The van der Waals surface area contributed by atoms with Crippen molar-refractivity contribution in [1.82, 2.24) is 5.32 Å². The van der Waals surface area contributed by atoms with Gasteiger partial charge in [0.05, 0.1) is 17.3 Å². The quantitative estimate of drug-likeness (QED) is 0.221. The summed E-state index contributed by atoms with van der Waals surface area (Å²) in [5.74, 6) is -0.610. The van der Waals surface area contributed by atoms with Crippen LogP contribution in [0.4, 0.5) is 5.69 Å². The van der Waals surface area contributed by atoms with E-state index in [0.717, 1.165) is 16.7 Å². The number of carbonyl (C=O) groups excluding carboxylic acids is 2. The van der Waals surface area contributed by atoms with E-state index in [-0.39, 0.29) is 17.9 Å². The molecule has 0 spiro atoms. The molecule has 0 bridgehead atoms. The number of hydrogen-bond acceptors (Lipinski definition) is 2. The van der Waals surface area contributed by atoms with Crippen molar-refractivity contribution in [2.24, 2.45) is 0 Å². The van der Waals surface area contributed by atoms with Crippen molar-refractivity contribution in [2.75, 3.05) is 5.32 Å². The average Bonchev–Trinajstić information content (AvgIpc) is 2.89. The van der Waals surface area contributed by atoms with Crippen molar-refractivity contribution in [3.05, 3.63) is 136 Å². The Balaban J connectivity index is 1.62. The second kappa shape index (κ2) is 11.3. The molecule has 4 aromatic carbocycles. The zero-order valence-electron chi connectivity index (χ0n) is 19.2. The van der Waals surface area contributed by atoms with Crippen LogP contribution in [-0.2, 0) is 4.79 Å². The lowest BCUT2D eigenvalue weighted by atomic mass is 10.0. The molecule has 4 nitrogen and oxygen atoms in total. The number of carbonyl (C=O) groups is 2. The van der Waals surface area contributed by atoms with Gasteiger partial charge < -0.3 is 10.6 Å². The second-order valence-corrected chi connectivity index (χ2v) is 8.46. The Morgan fingerprint density at radius 3 is 2.09 bits per heavy atom. The zero-order chi connectivity index (χ0) is 24.6. The van der Waals surface area contributed by atoms with Gasteiger partial charge >= 0.3 is 0 Å². The molecule has 4 aromatic rings. The summed E-state index contributed by atoms with van der Waals surface area (Å²) in [6.07, 6.45) is 1.76. The predicted molar refractivity (Wildman–Crippen MR) is 143 cm³/mol. The summed E-state index contributed by atoms with van der Waals surface area (Å²) in [6, 6.07) is 33.2. The molecule has 0 saturated carbocycles. The number of nitrogens with one attached hydrogen (secondary N) is 2. The number of hydrogen-bond donors (Lipinski definition) is 2. The summed E-state index contributed by atoms with van der Waals surface area (Å²) in [7, 11) is 0. The topological polar surface area (TPSA) is 58.2 Å². The van der Waals surface area contributed by atoms with Crippen molar-refractivity contribution < 1.29 is 9.59 Å². The second-order valence-electron chi connectivity index (χ2n) is 8.05. The van der Waals surface area contributed by atoms with Crippen LogP contribution in [0.2, 0.25) is 5.02 Å². The number of halogens is 1. The van der Waals surface area contributed by atoms with Crippen LogP contribution in [0.1, 0.15) is 40.0 Å². The minimum atomic E-state index is -0.340. The molecule has 174 valence electrons. The molecule has 0 fully saturated rings. The van der Waals surface area contributed by atoms with Gasteiger partial charge in [0.1, 0.15) is 0 Å². The lowest BCUT2D eigenvalue weighted by molar-refractivity contribution is -0.111. The number of amides is 2. The third-order valence-corrected chi connectivity index (χ3v) is 5.95. The van der Waals surface area contributed by atoms with Gasteiger partial charge in [0.2, 0.25) is 0 Å². The van der Waals surface area contributed by atoms with Crippen LogP contribution >= 0.6 is 11.6 Å². The lowest BCUT2D eigenvalue weighted by Gasteiger charge is -2.17. The fourth-order valence-electron chi connectivity index (χ4n) is 3.72. The molecule has 5 heteroatoms. The largest absolute Gasteiger partial charge is 0.345 e. The van der Waals surface area contributed by atoms with E-state index in [9.17, 15) is 9.59 Å². The van der Waals surface area contributed by atoms with Gasteiger partial charge in [-0.3, -0.25) is 9.59 Å². The van der Waals surface area contributed by atoms with Crippen molar-refractivity contribution in [1.29, 1.82) is 0 Å². The maximum Gasteiger partial charge on any atom is 0.256 e. The lowest BCUT2D eigenvalue weighted by Crippen LogP contribution is -2.28. The van der Waals surface area contributed by atoms with E-state index in [4.69, 9.17) is 11.6 Å². The molecular formula is C30H25ClN2O2. The van der Waals surface area contributed by atoms with E-state index in [1.807, 2.05) is 85.8 Å². The Morgan fingerprint density at radius 2 is 1.37 bits per heavy atom. The van der Waals surface area contributed by atoms with E-state index in [0.29, 0.717) is 21.8 Å². The number of rotatable bonds is 7. The van der Waals surface area contributed by atoms with Crippen LogP contribution in [0.15, 0.2) is 109 Å². The third kappa shape index (κ3) is 6.05. The zero-order valence-corrected chi connectivity index (χ0v) is 20.0. The van der Waals surface area contributed by atoms with Gasteiger partial charge in [-0.2, -0.15) is 0 Å². The van der Waals surface area contributed by atoms with E-state index in [1.165, 1.54) is 0 Å². The molecule has 0 aliphatic carbocycles. The van der Waals surface area contributed by atoms with Crippen molar-refractivity contribution in [3.63, 3.8) is 0 Å². The smallest absolute Gasteiger partial charge is 0.256 e. The van der Waals surface area contributed by atoms with Crippen LogP contribution in [0.3, 0.4) is 0 Å². The highest BCUT2D eigenvalue weighted by atomic mass is 35.5. The monoisotopic (exact) mass is 480 g/mol. The first kappa shape index (κ1) is 24.0. The summed E-state index contributed by atoms with van der Waals surface area (Å²) < 4.78 is 0. The maximum atomic E-state index is 13.5. The van der Waals surface area contributed by atoms with Gasteiger partial charge in [-0.25, -0.2) is 0 Å². The standard InChI is InChI=1S/C30H25ClN2O2/c1-21(22-12-4-2-5-13-22)32-29(34)25-17-9-11-19-28(25)33-30(35)26(23-14-6-3-7-15-23)20-24-16-8-10-18-27(24)31/h2-21H,1H3,(H,32,34)(H,33,35)/b26-20+/t21-/m1/s1. The Hall–Kier alpha value is -4.15. The summed E-state index contributed by atoms with van der Waals surface area (Å²) in [5.41, 5.74) is 3.71. The van der Waals surface area contributed by atoms with E-state index < -0.39 is 0 Å². The van der Waals surface area contributed by atoms with Crippen molar-refractivity contribution in [3.8, 4) is 0 Å². The number of para-hydroxylation sites is 1. The normalized spacial score (nSPS) is 12.0. The van der Waals surface area contributed by atoms with Crippen LogP contribution in [0.25, 0.3) is 11.6 Å². The first-order chi connectivity index (χ1) is 17.0. The van der Waals surface area contributed by atoms with Gasteiger partial charge in [-0.05, 0) is 47.9 Å². The van der Waals surface area contributed by atoms with E-state index in [2.05, 4.69) is 10.6 Å². The highest BCUT2D eigenvalue weighted by Crippen LogP contribution is 2.26. The summed E-state index contributed by atoms with van der Waals surface area (Å²) >= 11 is 6.36. The summed E-state index contributed by atoms with van der Waals surface area (Å²) in [6.45, 7) is 1.92. The molecular weight excluding hydrogens is 456 g/mol. The first-order valence-electron chi connectivity index (χ1n) is 11.3. The Labute approximate surface area is 210 Å². The SMILES string of the molecule is C[C@@H](NC(=O)c1ccccc1NC(=O)/C(=C/c1ccccc1Cl)c1ccccc1)c1ccccc1. The number of benzene rings is 4. The molecule has 0 aliphatic heterocycles.